The number of ether oxygens (including phenoxy) is 1. The predicted octanol–water partition coefficient (Wildman–Crippen LogP) is 1.08. The molecule has 0 aromatic heterocycles. The summed E-state index contributed by atoms with van der Waals surface area (Å²) >= 11 is 0. The lowest BCUT2D eigenvalue weighted by molar-refractivity contribution is -0.176. The molecular weight excluding hydrogens is 277 g/mol. The van der Waals surface area contributed by atoms with Gasteiger partial charge in [-0.3, -0.25) is 9.59 Å². The van der Waals surface area contributed by atoms with Crippen LogP contribution in [0.25, 0.3) is 0 Å². The lowest BCUT2D eigenvalue weighted by Crippen LogP contribution is -2.68. The maximum atomic E-state index is 12.2. The minimum Gasteiger partial charge on any atom is -0.370 e. The molecule has 116 valence electrons. The van der Waals surface area contributed by atoms with E-state index in [2.05, 4.69) is 10.1 Å². The Bertz CT molecular complexity index is 383. The molecule has 0 aromatic carbocycles. The van der Waals surface area contributed by atoms with Crippen molar-refractivity contribution in [3.8, 4) is 0 Å². The standard InChI is InChI=1S/C12H19F3N2O3/c1-4-8-9(18)16-11(2,3)10(19)17(8)5-6-20-7-12(13,14)15/h8H,4-7H2,1-3H3,(H,16,18). The number of nitrogens with zero attached hydrogens (tertiary/aromatic N) is 1. The van der Waals surface area contributed by atoms with Crippen molar-refractivity contribution in [2.75, 3.05) is 19.8 Å². The molecule has 1 fully saturated rings. The Labute approximate surface area is 115 Å². The average molecular weight is 296 g/mol. The van der Waals surface area contributed by atoms with E-state index in [-0.39, 0.29) is 25.0 Å². The van der Waals surface area contributed by atoms with E-state index >= 15 is 0 Å². The van der Waals surface area contributed by atoms with Crippen molar-refractivity contribution in [3.05, 3.63) is 0 Å². The lowest BCUT2D eigenvalue weighted by atomic mass is 9.96. The summed E-state index contributed by atoms with van der Waals surface area (Å²) in [6.45, 7) is 3.20. The second-order valence-electron chi connectivity index (χ2n) is 5.20. The maximum absolute atomic E-state index is 12.2. The molecule has 0 aromatic rings. The molecule has 1 unspecified atom stereocenters. The monoisotopic (exact) mass is 296 g/mol. The Morgan fingerprint density at radius 1 is 1.35 bits per heavy atom. The van der Waals surface area contributed by atoms with Gasteiger partial charge in [-0.25, -0.2) is 0 Å². The summed E-state index contributed by atoms with van der Waals surface area (Å²) in [7, 11) is 0. The molecule has 1 aliphatic rings. The molecule has 1 rings (SSSR count). The molecule has 5 nitrogen and oxygen atoms in total. The van der Waals surface area contributed by atoms with Crippen LogP contribution in [0, 0.1) is 0 Å². The molecule has 0 saturated carbocycles. The molecule has 1 N–H and O–H groups in total. The van der Waals surface area contributed by atoms with E-state index in [1.807, 2.05) is 0 Å². The highest BCUT2D eigenvalue weighted by Gasteiger charge is 2.44. The number of halogens is 3. The smallest absolute Gasteiger partial charge is 0.370 e. The van der Waals surface area contributed by atoms with Crippen LogP contribution in [-0.2, 0) is 14.3 Å². The Morgan fingerprint density at radius 2 is 1.95 bits per heavy atom. The highest BCUT2D eigenvalue weighted by Crippen LogP contribution is 2.20. The first kappa shape index (κ1) is 16.7. The number of carbonyl (C=O) groups is 2. The summed E-state index contributed by atoms with van der Waals surface area (Å²) < 4.78 is 40.4. The van der Waals surface area contributed by atoms with Gasteiger partial charge in [-0.15, -0.1) is 0 Å². The van der Waals surface area contributed by atoms with Crippen molar-refractivity contribution in [1.82, 2.24) is 10.2 Å². The molecule has 1 aliphatic heterocycles. The third-order valence-corrected chi connectivity index (χ3v) is 3.04. The molecule has 1 saturated heterocycles. The van der Waals surface area contributed by atoms with E-state index in [1.54, 1.807) is 20.8 Å². The second kappa shape index (κ2) is 5.99. The third kappa shape index (κ3) is 4.09. The SMILES string of the molecule is CCC1C(=O)NC(C)(C)C(=O)N1CCOCC(F)(F)F. The highest BCUT2D eigenvalue weighted by molar-refractivity contribution is 5.99. The molecule has 0 aliphatic carbocycles. The van der Waals surface area contributed by atoms with Gasteiger partial charge in [0.15, 0.2) is 0 Å². The summed E-state index contributed by atoms with van der Waals surface area (Å²) in [6.07, 6.45) is -4.00. The Hall–Kier alpha value is -1.31. The molecule has 1 atom stereocenters. The van der Waals surface area contributed by atoms with Crippen LogP contribution in [0.15, 0.2) is 0 Å². The van der Waals surface area contributed by atoms with Crippen LogP contribution in [0.5, 0.6) is 0 Å². The fraction of sp³-hybridized carbons (Fsp3) is 0.833. The molecule has 1 heterocycles. The van der Waals surface area contributed by atoms with Crippen molar-refractivity contribution >= 4 is 11.8 Å². The van der Waals surface area contributed by atoms with Crippen molar-refractivity contribution in [2.24, 2.45) is 0 Å². The topological polar surface area (TPSA) is 58.6 Å². The molecule has 0 radical (unpaired) electrons. The maximum Gasteiger partial charge on any atom is 0.411 e. The first-order chi connectivity index (χ1) is 9.08. The van der Waals surface area contributed by atoms with Gasteiger partial charge >= 0.3 is 6.18 Å². The van der Waals surface area contributed by atoms with Gasteiger partial charge in [-0.2, -0.15) is 13.2 Å². The van der Waals surface area contributed by atoms with E-state index in [4.69, 9.17) is 0 Å². The van der Waals surface area contributed by atoms with Crippen LogP contribution in [0.1, 0.15) is 27.2 Å². The lowest BCUT2D eigenvalue weighted by Gasteiger charge is -2.42. The largest absolute Gasteiger partial charge is 0.411 e. The van der Waals surface area contributed by atoms with Gasteiger partial charge < -0.3 is 15.0 Å². The van der Waals surface area contributed by atoms with Gasteiger partial charge in [0.25, 0.3) is 0 Å². The molecular formula is C12H19F3N2O3. The van der Waals surface area contributed by atoms with Crippen LogP contribution in [0.3, 0.4) is 0 Å². The Balaban J connectivity index is 2.63. The van der Waals surface area contributed by atoms with Crippen LogP contribution < -0.4 is 5.32 Å². The minimum absolute atomic E-state index is 0.0374. The fourth-order valence-corrected chi connectivity index (χ4v) is 2.10. The second-order valence-corrected chi connectivity index (χ2v) is 5.20. The van der Waals surface area contributed by atoms with E-state index in [1.165, 1.54) is 4.90 Å². The van der Waals surface area contributed by atoms with Crippen molar-refractivity contribution in [2.45, 2.75) is 44.9 Å². The molecule has 20 heavy (non-hydrogen) atoms. The van der Waals surface area contributed by atoms with E-state index in [0.717, 1.165) is 0 Å². The zero-order chi connectivity index (χ0) is 15.6. The number of nitrogens with one attached hydrogen (secondary N) is 1. The summed E-state index contributed by atoms with van der Waals surface area (Å²) in [5.41, 5.74) is -1.05. The van der Waals surface area contributed by atoms with Gasteiger partial charge in [0.05, 0.1) is 6.61 Å². The summed E-state index contributed by atoms with van der Waals surface area (Å²) in [5, 5.41) is 2.60. The van der Waals surface area contributed by atoms with Gasteiger partial charge in [0.2, 0.25) is 11.8 Å². The van der Waals surface area contributed by atoms with Crippen molar-refractivity contribution in [3.63, 3.8) is 0 Å². The van der Waals surface area contributed by atoms with Gasteiger partial charge in [-0.1, -0.05) is 6.92 Å². The van der Waals surface area contributed by atoms with E-state index < -0.39 is 24.4 Å². The van der Waals surface area contributed by atoms with Crippen LogP contribution in [0.2, 0.25) is 0 Å². The molecule has 2 amide bonds. The first-order valence-corrected chi connectivity index (χ1v) is 6.36. The van der Waals surface area contributed by atoms with Crippen molar-refractivity contribution in [1.29, 1.82) is 0 Å². The average Bonchev–Trinajstić information content (AvgIpc) is 2.28. The number of rotatable bonds is 5. The zero-order valence-corrected chi connectivity index (χ0v) is 11.7. The van der Waals surface area contributed by atoms with Gasteiger partial charge in [0, 0.05) is 6.54 Å². The highest BCUT2D eigenvalue weighted by atomic mass is 19.4. The Morgan fingerprint density at radius 3 is 2.45 bits per heavy atom. The number of hydrogen-bond acceptors (Lipinski definition) is 3. The van der Waals surface area contributed by atoms with Crippen molar-refractivity contribution < 1.29 is 27.5 Å². The first-order valence-electron chi connectivity index (χ1n) is 6.36. The summed E-state index contributed by atoms with van der Waals surface area (Å²) in [4.78, 5) is 25.3. The number of hydrogen-bond donors (Lipinski definition) is 1. The molecule has 8 heteroatoms. The number of piperazine rings is 1. The normalized spacial score (nSPS) is 22.9. The quantitative estimate of drug-likeness (QED) is 0.772. The summed E-state index contributed by atoms with van der Waals surface area (Å²) in [6, 6.07) is -0.662. The number of amides is 2. The summed E-state index contributed by atoms with van der Waals surface area (Å²) in [5.74, 6) is -0.618. The predicted molar refractivity (Wildman–Crippen MR) is 64.9 cm³/mol. The third-order valence-electron chi connectivity index (χ3n) is 3.04. The molecule has 0 bridgehead atoms. The zero-order valence-electron chi connectivity index (χ0n) is 11.7. The van der Waals surface area contributed by atoms with Crippen LogP contribution in [-0.4, -0.2) is 54.2 Å². The van der Waals surface area contributed by atoms with Gasteiger partial charge in [0.1, 0.15) is 18.2 Å². The van der Waals surface area contributed by atoms with Gasteiger partial charge in [-0.05, 0) is 20.3 Å². The van der Waals surface area contributed by atoms with E-state index in [9.17, 15) is 22.8 Å². The number of alkyl halides is 3. The minimum atomic E-state index is -4.40. The number of carbonyl (C=O) groups excluding carboxylic acids is 2. The Kier molecular flexibility index (Phi) is 5.01. The molecule has 0 spiro atoms. The van der Waals surface area contributed by atoms with Crippen LogP contribution in [0.4, 0.5) is 13.2 Å². The van der Waals surface area contributed by atoms with Crippen LogP contribution >= 0.6 is 0 Å². The fourth-order valence-electron chi connectivity index (χ4n) is 2.10. The van der Waals surface area contributed by atoms with E-state index in [0.29, 0.717) is 6.42 Å².